The maximum atomic E-state index is 10.5. The number of phenols is 1. The third-order valence-electron chi connectivity index (χ3n) is 1.78. The van der Waals surface area contributed by atoms with Crippen molar-refractivity contribution in [3.8, 4) is 5.75 Å². The van der Waals surface area contributed by atoms with Gasteiger partial charge in [-0.2, -0.15) is 0 Å². The minimum absolute atomic E-state index is 0.167. The van der Waals surface area contributed by atoms with Crippen molar-refractivity contribution in [2.24, 2.45) is 5.92 Å². The lowest BCUT2D eigenvalue weighted by molar-refractivity contribution is 0.112. The molecule has 1 rings (SSSR count). The van der Waals surface area contributed by atoms with Crippen LogP contribution in [-0.4, -0.2) is 11.4 Å². The van der Waals surface area contributed by atoms with E-state index in [2.05, 4.69) is 13.8 Å². The molecule has 0 amide bonds. The first-order valence-electron chi connectivity index (χ1n) is 4.40. The number of benzene rings is 1. The molecular weight excluding hydrogens is 164 g/mol. The lowest BCUT2D eigenvalue weighted by Gasteiger charge is -2.05. The van der Waals surface area contributed by atoms with Crippen molar-refractivity contribution in [1.82, 2.24) is 0 Å². The van der Waals surface area contributed by atoms with Crippen LogP contribution in [0.1, 0.15) is 29.8 Å². The van der Waals surface area contributed by atoms with Crippen LogP contribution in [0.4, 0.5) is 0 Å². The number of hydrogen-bond acceptors (Lipinski definition) is 2. The quantitative estimate of drug-likeness (QED) is 0.721. The highest BCUT2D eigenvalue weighted by molar-refractivity contribution is 5.75. The normalized spacial score (nSPS) is 10.4. The molecule has 0 radical (unpaired) electrons. The molecular formula is C11H14O2. The molecule has 0 aromatic heterocycles. The fraction of sp³-hybridized carbons (Fsp3) is 0.364. The molecule has 1 aromatic carbocycles. The Labute approximate surface area is 78.2 Å². The molecule has 0 heterocycles. The topological polar surface area (TPSA) is 37.3 Å². The highest BCUT2D eigenvalue weighted by Crippen LogP contribution is 2.17. The minimum atomic E-state index is 0.167. The van der Waals surface area contributed by atoms with Gasteiger partial charge in [-0.1, -0.05) is 13.8 Å². The minimum Gasteiger partial charge on any atom is -0.508 e. The van der Waals surface area contributed by atoms with Gasteiger partial charge in [0.1, 0.15) is 12.0 Å². The summed E-state index contributed by atoms with van der Waals surface area (Å²) in [7, 11) is 0. The summed E-state index contributed by atoms with van der Waals surface area (Å²) in [6.07, 6.45) is 1.64. The monoisotopic (exact) mass is 178 g/mol. The van der Waals surface area contributed by atoms with Crippen molar-refractivity contribution in [2.75, 3.05) is 0 Å². The molecule has 0 saturated carbocycles. The van der Waals surface area contributed by atoms with E-state index >= 15 is 0 Å². The fourth-order valence-electron chi connectivity index (χ4n) is 1.36. The lowest BCUT2D eigenvalue weighted by Crippen LogP contribution is -1.94. The summed E-state index contributed by atoms with van der Waals surface area (Å²) >= 11 is 0. The molecule has 13 heavy (non-hydrogen) atoms. The number of aromatic hydroxyl groups is 1. The molecule has 1 N–H and O–H groups in total. The molecule has 2 nitrogen and oxygen atoms in total. The van der Waals surface area contributed by atoms with Crippen LogP contribution < -0.4 is 0 Å². The first kappa shape index (κ1) is 9.78. The lowest BCUT2D eigenvalue weighted by atomic mass is 10.0. The Kier molecular flexibility index (Phi) is 3.07. The van der Waals surface area contributed by atoms with E-state index in [9.17, 15) is 9.90 Å². The SMILES string of the molecule is CC(C)Cc1cc(O)cc(C=O)c1. The number of rotatable bonds is 3. The van der Waals surface area contributed by atoms with Gasteiger partial charge in [-0.25, -0.2) is 0 Å². The fourth-order valence-corrected chi connectivity index (χ4v) is 1.36. The van der Waals surface area contributed by atoms with Gasteiger partial charge in [0, 0.05) is 5.56 Å². The Bertz CT molecular complexity index is 303. The average molecular weight is 178 g/mol. The molecule has 0 aliphatic heterocycles. The van der Waals surface area contributed by atoms with Gasteiger partial charge in [0.2, 0.25) is 0 Å². The molecule has 0 aliphatic rings. The van der Waals surface area contributed by atoms with E-state index in [1.54, 1.807) is 6.07 Å². The Morgan fingerprint density at radius 1 is 1.38 bits per heavy atom. The van der Waals surface area contributed by atoms with E-state index in [0.29, 0.717) is 11.5 Å². The maximum Gasteiger partial charge on any atom is 0.150 e. The second kappa shape index (κ2) is 4.08. The van der Waals surface area contributed by atoms with Gasteiger partial charge in [-0.3, -0.25) is 4.79 Å². The smallest absolute Gasteiger partial charge is 0.150 e. The summed E-state index contributed by atoms with van der Waals surface area (Å²) in [5.41, 5.74) is 1.55. The van der Waals surface area contributed by atoms with Crippen molar-refractivity contribution in [1.29, 1.82) is 0 Å². The number of hydrogen-bond donors (Lipinski definition) is 1. The van der Waals surface area contributed by atoms with Crippen LogP contribution in [0.5, 0.6) is 5.75 Å². The molecule has 1 aromatic rings. The zero-order valence-corrected chi connectivity index (χ0v) is 7.95. The third kappa shape index (κ3) is 2.90. The van der Waals surface area contributed by atoms with Gasteiger partial charge in [-0.15, -0.1) is 0 Å². The summed E-state index contributed by atoms with van der Waals surface area (Å²) in [6, 6.07) is 4.98. The number of phenolic OH excluding ortho intramolecular Hbond substituents is 1. The zero-order valence-electron chi connectivity index (χ0n) is 7.95. The summed E-state index contributed by atoms with van der Waals surface area (Å²) in [5, 5.41) is 9.28. The average Bonchev–Trinajstić information content (AvgIpc) is 2.01. The van der Waals surface area contributed by atoms with Crippen LogP contribution in [-0.2, 0) is 6.42 Å². The Morgan fingerprint density at radius 2 is 2.08 bits per heavy atom. The van der Waals surface area contributed by atoms with E-state index in [0.717, 1.165) is 18.3 Å². The van der Waals surface area contributed by atoms with E-state index in [1.165, 1.54) is 6.07 Å². The predicted molar refractivity (Wildman–Crippen MR) is 52.0 cm³/mol. The van der Waals surface area contributed by atoms with Gasteiger partial charge < -0.3 is 5.11 Å². The first-order chi connectivity index (χ1) is 6.11. The van der Waals surface area contributed by atoms with E-state index in [1.807, 2.05) is 6.07 Å². The maximum absolute atomic E-state index is 10.5. The largest absolute Gasteiger partial charge is 0.508 e. The Morgan fingerprint density at radius 3 is 2.62 bits per heavy atom. The van der Waals surface area contributed by atoms with Crippen molar-refractivity contribution in [3.63, 3.8) is 0 Å². The van der Waals surface area contributed by atoms with E-state index in [4.69, 9.17) is 0 Å². The molecule has 2 heteroatoms. The second-order valence-corrected chi connectivity index (χ2v) is 3.65. The molecule has 0 bridgehead atoms. The van der Waals surface area contributed by atoms with Gasteiger partial charge in [0.25, 0.3) is 0 Å². The first-order valence-corrected chi connectivity index (χ1v) is 4.40. The summed E-state index contributed by atoms with van der Waals surface area (Å²) < 4.78 is 0. The predicted octanol–water partition coefficient (Wildman–Crippen LogP) is 2.40. The molecule has 70 valence electrons. The molecule has 0 spiro atoms. The van der Waals surface area contributed by atoms with E-state index in [-0.39, 0.29) is 5.75 Å². The van der Waals surface area contributed by atoms with E-state index < -0.39 is 0 Å². The number of carbonyl (C=O) groups is 1. The van der Waals surface area contributed by atoms with Crippen molar-refractivity contribution in [2.45, 2.75) is 20.3 Å². The summed E-state index contributed by atoms with van der Waals surface area (Å²) in [6.45, 7) is 4.20. The molecule has 0 unspecified atom stereocenters. The second-order valence-electron chi connectivity index (χ2n) is 3.65. The summed E-state index contributed by atoms with van der Waals surface area (Å²) in [4.78, 5) is 10.5. The number of aldehydes is 1. The van der Waals surface area contributed by atoms with Crippen LogP contribution in [0, 0.1) is 5.92 Å². The Balaban J connectivity index is 2.94. The number of carbonyl (C=O) groups excluding carboxylic acids is 1. The highest BCUT2D eigenvalue weighted by Gasteiger charge is 2.01. The van der Waals surface area contributed by atoms with Crippen LogP contribution >= 0.6 is 0 Å². The Hall–Kier alpha value is -1.31. The van der Waals surface area contributed by atoms with Crippen molar-refractivity contribution >= 4 is 6.29 Å². The standard InChI is InChI=1S/C11H14O2/c1-8(2)3-9-4-10(7-12)6-11(13)5-9/h4-8,13H,3H2,1-2H3. The van der Waals surface area contributed by atoms with Crippen LogP contribution in [0.2, 0.25) is 0 Å². The van der Waals surface area contributed by atoms with Gasteiger partial charge in [0.05, 0.1) is 0 Å². The van der Waals surface area contributed by atoms with Crippen molar-refractivity contribution in [3.05, 3.63) is 29.3 Å². The van der Waals surface area contributed by atoms with Crippen LogP contribution in [0.25, 0.3) is 0 Å². The third-order valence-corrected chi connectivity index (χ3v) is 1.78. The van der Waals surface area contributed by atoms with Gasteiger partial charge >= 0.3 is 0 Å². The zero-order chi connectivity index (χ0) is 9.84. The molecule has 0 atom stereocenters. The van der Waals surface area contributed by atoms with Crippen LogP contribution in [0.3, 0.4) is 0 Å². The molecule has 0 fully saturated rings. The van der Waals surface area contributed by atoms with Gasteiger partial charge in [0.15, 0.2) is 0 Å². The summed E-state index contributed by atoms with van der Waals surface area (Å²) in [5.74, 6) is 0.696. The van der Waals surface area contributed by atoms with Crippen LogP contribution in [0.15, 0.2) is 18.2 Å². The highest BCUT2D eigenvalue weighted by atomic mass is 16.3. The molecule has 0 aliphatic carbocycles. The molecule has 0 saturated heterocycles. The van der Waals surface area contributed by atoms with Gasteiger partial charge in [-0.05, 0) is 36.1 Å². The van der Waals surface area contributed by atoms with Crippen molar-refractivity contribution < 1.29 is 9.90 Å².